The predicted octanol–water partition coefficient (Wildman–Crippen LogP) is 3.45. The number of hydrogen-bond donors (Lipinski definition) is 1. The van der Waals surface area contributed by atoms with Gasteiger partial charge in [-0.1, -0.05) is 15.9 Å². The van der Waals surface area contributed by atoms with Crippen LogP contribution in [0.15, 0.2) is 22.7 Å². The van der Waals surface area contributed by atoms with Crippen LogP contribution < -0.4 is 0 Å². The molecule has 0 aromatic heterocycles. The van der Waals surface area contributed by atoms with Gasteiger partial charge in [-0.15, -0.1) is 0 Å². The van der Waals surface area contributed by atoms with E-state index in [0.29, 0.717) is 18.4 Å². The standard InChI is InChI=1S/C14H18BrFO2/c1-18-14(5-2-6-14)9-12(17)8-10-7-11(15)3-4-13(10)16/h3-4,7,12,17H,2,5-6,8-9H2,1H3. The number of benzene rings is 1. The zero-order valence-corrected chi connectivity index (χ0v) is 12.0. The second-order valence-corrected chi connectivity index (χ2v) is 5.95. The highest BCUT2D eigenvalue weighted by molar-refractivity contribution is 9.10. The Kier molecular flexibility index (Phi) is 4.41. The van der Waals surface area contributed by atoms with Crippen LogP contribution in [-0.2, 0) is 11.2 Å². The van der Waals surface area contributed by atoms with Gasteiger partial charge in [-0.25, -0.2) is 4.39 Å². The molecule has 1 atom stereocenters. The number of ether oxygens (including phenoxy) is 1. The highest BCUT2D eigenvalue weighted by Crippen LogP contribution is 2.39. The highest BCUT2D eigenvalue weighted by Gasteiger charge is 2.38. The molecule has 1 aliphatic carbocycles. The summed E-state index contributed by atoms with van der Waals surface area (Å²) in [6.45, 7) is 0. The second kappa shape index (κ2) is 5.68. The van der Waals surface area contributed by atoms with Gasteiger partial charge in [-0.05, 0) is 43.0 Å². The minimum absolute atomic E-state index is 0.179. The van der Waals surface area contributed by atoms with Gasteiger partial charge in [-0.3, -0.25) is 0 Å². The number of halogens is 2. The average Bonchev–Trinajstić information content (AvgIpc) is 2.28. The van der Waals surface area contributed by atoms with E-state index in [1.54, 1.807) is 19.2 Å². The van der Waals surface area contributed by atoms with Crippen molar-refractivity contribution in [3.8, 4) is 0 Å². The summed E-state index contributed by atoms with van der Waals surface area (Å²) < 4.78 is 19.9. The molecule has 0 amide bonds. The van der Waals surface area contributed by atoms with E-state index in [1.165, 1.54) is 6.07 Å². The summed E-state index contributed by atoms with van der Waals surface area (Å²) in [5.41, 5.74) is 0.365. The summed E-state index contributed by atoms with van der Waals surface area (Å²) in [5, 5.41) is 10.1. The van der Waals surface area contributed by atoms with E-state index in [4.69, 9.17) is 4.74 Å². The first-order chi connectivity index (χ1) is 8.54. The third kappa shape index (κ3) is 3.11. The Hall–Kier alpha value is -0.450. The lowest BCUT2D eigenvalue weighted by molar-refractivity contribution is -0.0989. The smallest absolute Gasteiger partial charge is 0.126 e. The molecule has 0 radical (unpaired) electrons. The van der Waals surface area contributed by atoms with Crippen LogP contribution in [-0.4, -0.2) is 23.9 Å². The third-order valence-corrected chi connectivity index (χ3v) is 4.26. The molecular formula is C14H18BrFO2. The van der Waals surface area contributed by atoms with Crippen LogP contribution in [0.1, 0.15) is 31.2 Å². The molecular weight excluding hydrogens is 299 g/mol. The van der Waals surface area contributed by atoms with Crippen molar-refractivity contribution in [2.45, 2.75) is 43.8 Å². The first-order valence-electron chi connectivity index (χ1n) is 6.22. The SMILES string of the molecule is COC1(CC(O)Cc2cc(Br)ccc2F)CCC1. The Morgan fingerprint density at radius 1 is 1.50 bits per heavy atom. The van der Waals surface area contributed by atoms with Gasteiger partial charge in [0.1, 0.15) is 5.82 Å². The summed E-state index contributed by atoms with van der Waals surface area (Å²) in [6, 6.07) is 4.80. The predicted molar refractivity (Wildman–Crippen MR) is 72.0 cm³/mol. The molecule has 2 rings (SSSR count). The normalized spacial score (nSPS) is 19.3. The van der Waals surface area contributed by atoms with Gasteiger partial charge in [0.15, 0.2) is 0 Å². The van der Waals surface area contributed by atoms with Crippen molar-refractivity contribution in [1.29, 1.82) is 0 Å². The van der Waals surface area contributed by atoms with Crippen molar-refractivity contribution in [2.75, 3.05) is 7.11 Å². The first-order valence-corrected chi connectivity index (χ1v) is 7.01. The summed E-state index contributed by atoms with van der Waals surface area (Å²) in [7, 11) is 1.69. The zero-order valence-electron chi connectivity index (χ0n) is 10.5. The number of methoxy groups -OCH3 is 1. The van der Waals surface area contributed by atoms with E-state index < -0.39 is 6.10 Å². The van der Waals surface area contributed by atoms with Gasteiger partial charge in [0.05, 0.1) is 11.7 Å². The lowest BCUT2D eigenvalue weighted by Gasteiger charge is -2.41. The fourth-order valence-corrected chi connectivity index (χ4v) is 2.93. The molecule has 2 nitrogen and oxygen atoms in total. The van der Waals surface area contributed by atoms with E-state index >= 15 is 0 Å². The summed E-state index contributed by atoms with van der Waals surface area (Å²) >= 11 is 3.31. The van der Waals surface area contributed by atoms with Crippen molar-refractivity contribution >= 4 is 15.9 Å². The Morgan fingerprint density at radius 2 is 2.22 bits per heavy atom. The van der Waals surface area contributed by atoms with Crippen LogP contribution in [0.2, 0.25) is 0 Å². The Morgan fingerprint density at radius 3 is 2.78 bits per heavy atom. The van der Waals surface area contributed by atoms with E-state index in [9.17, 15) is 9.50 Å². The first kappa shape index (κ1) is 14.0. The number of aliphatic hydroxyl groups is 1. The number of hydrogen-bond acceptors (Lipinski definition) is 2. The molecule has 1 unspecified atom stereocenters. The van der Waals surface area contributed by atoms with Gasteiger partial charge in [0.25, 0.3) is 0 Å². The number of rotatable bonds is 5. The van der Waals surface area contributed by atoms with Crippen LogP contribution in [0.4, 0.5) is 4.39 Å². The minimum atomic E-state index is -0.561. The van der Waals surface area contributed by atoms with Gasteiger partial charge in [-0.2, -0.15) is 0 Å². The van der Waals surface area contributed by atoms with Crippen LogP contribution in [0.25, 0.3) is 0 Å². The molecule has 18 heavy (non-hydrogen) atoms. The molecule has 0 spiro atoms. The zero-order chi connectivity index (χ0) is 13.2. The molecule has 0 heterocycles. The van der Waals surface area contributed by atoms with Crippen LogP contribution in [0, 0.1) is 5.82 Å². The van der Waals surface area contributed by atoms with Gasteiger partial charge >= 0.3 is 0 Å². The maximum absolute atomic E-state index is 13.6. The third-order valence-electron chi connectivity index (χ3n) is 3.77. The van der Waals surface area contributed by atoms with Crippen LogP contribution >= 0.6 is 15.9 Å². The Bertz CT molecular complexity index is 413. The Labute approximate surface area is 115 Å². The van der Waals surface area contributed by atoms with Crippen molar-refractivity contribution in [1.82, 2.24) is 0 Å². The number of aliphatic hydroxyl groups excluding tert-OH is 1. The molecule has 1 saturated carbocycles. The quantitative estimate of drug-likeness (QED) is 0.901. The Balaban J connectivity index is 1.98. The summed E-state index contributed by atoms with van der Waals surface area (Å²) in [5.74, 6) is -0.266. The maximum Gasteiger partial charge on any atom is 0.126 e. The van der Waals surface area contributed by atoms with Gasteiger partial charge in [0.2, 0.25) is 0 Å². The van der Waals surface area contributed by atoms with Crippen molar-refractivity contribution in [3.63, 3.8) is 0 Å². The molecule has 1 fully saturated rings. The van der Waals surface area contributed by atoms with E-state index in [0.717, 1.165) is 23.7 Å². The maximum atomic E-state index is 13.6. The topological polar surface area (TPSA) is 29.5 Å². The van der Waals surface area contributed by atoms with Crippen molar-refractivity contribution in [2.24, 2.45) is 0 Å². The molecule has 4 heteroatoms. The summed E-state index contributed by atoms with van der Waals surface area (Å²) in [6.07, 6.45) is 3.47. The lowest BCUT2D eigenvalue weighted by Crippen LogP contribution is -2.42. The summed E-state index contributed by atoms with van der Waals surface area (Å²) in [4.78, 5) is 0. The van der Waals surface area contributed by atoms with E-state index in [1.807, 2.05) is 0 Å². The second-order valence-electron chi connectivity index (χ2n) is 5.04. The van der Waals surface area contributed by atoms with Gasteiger partial charge in [0, 0.05) is 24.4 Å². The minimum Gasteiger partial charge on any atom is -0.393 e. The molecule has 0 aliphatic heterocycles. The van der Waals surface area contributed by atoms with Crippen molar-refractivity contribution < 1.29 is 14.2 Å². The van der Waals surface area contributed by atoms with Crippen LogP contribution in [0.3, 0.4) is 0 Å². The molecule has 0 bridgehead atoms. The largest absolute Gasteiger partial charge is 0.393 e. The van der Waals surface area contributed by atoms with E-state index in [-0.39, 0.29) is 11.4 Å². The van der Waals surface area contributed by atoms with Crippen molar-refractivity contribution in [3.05, 3.63) is 34.1 Å². The fraction of sp³-hybridized carbons (Fsp3) is 0.571. The lowest BCUT2D eigenvalue weighted by atomic mass is 9.75. The van der Waals surface area contributed by atoms with E-state index in [2.05, 4.69) is 15.9 Å². The molecule has 1 aliphatic rings. The van der Waals surface area contributed by atoms with Crippen LogP contribution in [0.5, 0.6) is 0 Å². The average molecular weight is 317 g/mol. The fourth-order valence-electron chi connectivity index (χ4n) is 2.52. The molecule has 100 valence electrons. The molecule has 1 aromatic rings. The van der Waals surface area contributed by atoms with Gasteiger partial charge < -0.3 is 9.84 Å². The molecule has 0 saturated heterocycles. The molecule has 1 N–H and O–H groups in total. The monoisotopic (exact) mass is 316 g/mol. The highest BCUT2D eigenvalue weighted by atomic mass is 79.9. The molecule has 1 aromatic carbocycles.